The summed E-state index contributed by atoms with van der Waals surface area (Å²) >= 11 is 7.51. The fourth-order valence-corrected chi connectivity index (χ4v) is 7.58. The summed E-state index contributed by atoms with van der Waals surface area (Å²) in [6.45, 7) is 0. The lowest BCUT2D eigenvalue weighted by molar-refractivity contribution is -0.351. The molecule has 2 aromatic rings. The SMILES string of the molecule is O=C(CC12CC(c3csc(C4CC(OC(F)(F)F)C4)n3)(C1)C2)[C@H]1C[C@@H](O)c2cc(Cl)ccc2O1. The van der Waals surface area contributed by atoms with Gasteiger partial charge in [-0.15, -0.1) is 24.5 Å². The molecule has 182 valence electrons. The zero-order chi connectivity index (χ0) is 23.9. The fraction of sp³-hybridized carbons (Fsp3) is 0.583. The van der Waals surface area contributed by atoms with E-state index in [0.717, 1.165) is 30.0 Å². The first-order valence-corrected chi connectivity index (χ1v) is 12.7. The van der Waals surface area contributed by atoms with Crippen molar-refractivity contribution in [3.05, 3.63) is 44.9 Å². The number of aromatic nitrogens is 1. The van der Waals surface area contributed by atoms with E-state index in [-0.39, 0.29) is 29.0 Å². The Balaban J connectivity index is 1.03. The second-order valence-electron chi connectivity index (χ2n) is 10.4. The molecule has 10 heteroatoms. The summed E-state index contributed by atoms with van der Waals surface area (Å²) < 4.78 is 47.0. The van der Waals surface area contributed by atoms with Crippen LogP contribution in [0.15, 0.2) is 23.6 Å². The number of Topliss-reactive ketones (excluding diaryl/α,β-unsaturated/α-hetero) is 1. The number of nitrogens with zero attached hydrogens (tertiary/aromatic N) is 1. The van der Waals surface area contributed by atoms with E-state index in [9.17, 15) is 23.1 Å². The molecule has 1 aromatic heterocycles. The Labute approximate surface area is 203 Å². The number of ketones is 1. The van der Waals surface area contributed by atoms with Crippen LogP contribution in [0.25, 0.3) is 0 Å². The van der Waals surface area contributed by atoms with Crippen LogP contribution < -0.4 is 4.74 Å². The number of carbonyl (C=O) groups is 1. The minimum Gasteiger partial charge on any atom is -0.482 e. The molecule has 0 radical (unpaired) electrons. The first-order valence-electron chi connectivity index (χ1n) is 11.4. The maximum absolute atomic E-state index is 13.0. The smallest absolute Gasteiger partial charge is 0.482 e. The van der Waals surface area contributed by atoms with Crippen molar-refractivity contribution in [3.8, 4) is 5.75 Å². The molecule has 7 rings (SSSR count). The van der Waals surface area contributed by atoms with Crippen LogP contribution in [0.3, 0.4) is 0 Å². The molecule has 5 nitrogen and oxygen atoms in total. The number of fused-ring (bicyclic) bond motifs is 1. The second kappa shape index (κ2) is 7.66. The summed E-state index contributed by atoms with van der Waals surface area (Å²) in [5.41, 5.74) is 1.59. The molecule has 34 heavy (non-hydrogen) atoms. The van der Waals surface area contributed by atoms with Crippen LogP contribution in [0.4, 0.5) is 13.2 Å². The van der Waals surface area contributed by atoms with E-state index < -0.39 is 24.7 Å². The minimum absolute atomic E-state index is 0.00304. The normalized spacial score (nSPS) is 35.9. The zero-order valence-electron chi connectivity index (χ0n) is 18.1. The maximum Gasteiger partial charge on any atom is 0.522 e. The molecule has 0 amide bonds. The van der Waals surface area contributed by atoms with Gasteiger partial charge in [-0.2, -0.15) is 0 Å². The van der Waals surface area contributed by atoms with Crippen molar-refractivity contribution in [3.63, 3.8) is 0 Å². The lowest BCUT2D eigenvalue weighted by Gasteiger charge is -2.70. The molecular weight excluding hydrogens is 491 g/mol. The van der Waals surface area contributed by atoms with Gasteiger partial charge in [-0.05, 0) is 55.7 Å². The highest BCUT2D eigenvalue weighted by Crippen LogP contribution is 2.75. The molecule has 5 aliphatic rings. The predicted octanol–water partition coefficient (Wildman–Crippen LogP) is 5.84. The van der Waals surface area contributed by atoms with Gasteiger partial charge in [0.2, 0.25) is 0 Å². The van der Waals surface area contributed by atoms with Gasteiger partial charge in [0.05, 0.1) is 22.9 Å². The van der Waals surface area contributed by atoms with Gasteiger partial charge in [-0.25, -0.2) is 4.98 Å². The largest absolute Gasteiger partial charge is 0.522 e. The highest BCUT2D eigenvalue weighted by atomic mass is 35.5. The molecule has 0 spiro atoms. The number of carbonyl (C=O) groups excluding carboxylic acids is 1. The lowest BCUT2D eigenvalue weighted by atomic mass is 9.33. The van der Waals surface area contributed by atoms with Crippen molar-refractivity contribution in [2.45, 2.75) is 81.0 Å². The summed E-state index contributed by atoms with van der Waals surface area (Å²) in [4.78, 5) is 17.8. The van der Waals surface area contributed by atoms with Gasteiger partial charge in [-0.3, -0.25) is 9.53 Å². The zero-order valence-corrected chi connectivity index (χ0v) is 19.7. The van der Waals surface area contributed by atoms with Gasteiger partial charge >= 0.3 is 6.36 Å². The number of alkyl halides is 3. The van der Waals surface area contributed by atoms with Crippen LogP contribution in [-0.2, 0) is 14.9 Å². The third-order valence-corrected chi connectivity index (χ3v) is 9.14. The van der Waals surface area contributed by atoms with Crippen LogP contribution in [0.2, 0.25) is 5.02 Å². The molecule has 4 fully saturated rings. The molecule has 2 atom stereocenters. The van der Waals surface area contributed by atoms with E-state index in [2.05, 4.69) is 4.74 Å². The van der Waals surface area contributed by atoms with Gasteiger partial charge in [-0.1, -0.05) is 11.6 Å². The second-order valence-corrected chi connectivity index (χ2v) is 11.7. The number of aliphatic hydroxyl groups excluding tert-OH is 1. The summed E-state index contributed by atoms with van der Waals surface area (Å²) in [6.07, 6.45) is -2.79. The molecule has 0 unspecified atom stereocenters. The van der Waals surface area contributed by atoms with Crippen molar-refractivity contribution < 1.29 is 32.5 Å². The Kier molecular flexibility index (Phi) is 5.13. The molecule has 4 saturated carbocycles. The summed E-state index contributed by atoms with van der Waals surface area (Å²) in [7, 11) is 0. The van der Waals surface area contributed by atoms with Crippen molar-refractivity contribution in [2.75, 3.05) is 0 Å². The number of rotatable bonds is 6. The van der Waals surface area contributed by atoms with E-state index >= 15 is 0 Å². The van der Waals surface area contributed by atoms with Gasteiger partial charge in [0.15, 0.2) is 11.9 Å². The molecular formula is C24H23ClF3NO4S. The predicted molar refractivity (Wildman–Crippen MR) is 118 cm³/mol. The van der Waals surface area contributed by atoms with Crippen molar-refractivity contribution in [2.24, 2.45) is 5.41 Å². The fourth-order valence-electron chi connectivity index (χ4n) is 6.33. The quantitative estimate of drug-likeness (QED) is 0.525. The Bertz CT molecular complexity index is 1130. The number of halogens is 4. The Morgan fingerprint density at radius 3 is 2.71 bits per heavy atom. The number of hydrogen-bond acceptors (Lipinski definition) is 6. The third-order valence-electron chi connectivity index (χ3n) is 7.90. The first-order chi connectivity index (χ1) is 16.0. The topological polar surface area (TPSA) is 68.7 Å². The summed E-state index contributed by atoms with van der Waals surface area (Å²) in [5.74, 6) is 0.545. The number of ether oxygens (including phenoxy) is 2. The van der Waals surface area contributed by atoms with Crippen LogP contribution in [-0.4, -0.2) is 34.4 Å². The van der Waals surface area contributed by atoms with E-state index in [0.29, 0.717) is 35.6 Å². The maximum atomic E-state index is 13.0. The average Bonchev–Trinajstić information content (AvgIpc) is 3.14. The average molecular weight is 514 g/mol. The molecule has 4 aliphatic carbocycles. The van der Waals surface area contributed by atoms with Crippen LogP contribution in [0, 0.1) is 5.41 Å². The molecule has 2 heterocycles. The molecule has 2 bridgehead atoms. The highest BCUT2D eigenvalue weighted by molar-refractivity contribution is 7.09. The van der Waals surface area contributed by atoms with Crippen molar-refractivity contribution in [1.82, 2.24) is 4.98 Å². The van der Waals surface area contributed by atoms with Crippen LogP contribution in [0.5, 0.6) is 5.75 Å². The number of thiazole rings is 1. The molecule has 1 aromatic carbocycles. The van der Waals surface area contributed by atoms with Gasteiger partial charge < -0.3 is 9.84 Å². The standard InChI is InChI=1S/C24H23ClF3NO4S/c25-13-1-2-18-15(5-13)16(30)6-19(32-18)17(31)7-22-9-23(10-22,11-22)20-8-34-21(29-20)12-3-14(4-12)33-24(26,27)28/h1-2,5,8,12,14,16,19,30H,3-4,6-7,9-11H2/t12?,14?,16-,19-,22?,23?/m1/s1. The first kappa shape index (κ1) is 22.8. The Morgan fingerprint density at radius 2 is 2.00 bits per heavy atom. The Morgan fingerprint density at radius 1 is 1.26 bits per heavy atom. The van der Waals surface area contributed by atoms with Crippen LogP contribution in [0.1, 0.15) is 73.2 Å². The number of benzene rings is 1. The van der Waals surface area contributed by atoms with Crippen molar-refractivity contribution in [1.29, 1.82) is 0 Å². The van der Waals surface area contributed by atoms with Crippen LogP contribution >= 0.6 is 22.9 Å². The van der Waals surface area contributed by atoms with E-state index in [1.807, 2.05) is 5.38 Å². The van der Waals surface area contributed by atoms with E-state index in [1.54, 1.807) is 18.2 Å². The molecule has 0 saturated heterocycles. The number of hydrogen-bond donors (Lipinski definition) is 1. The van der Waals surface area contributed by atoms with Crippen molar-refractivity contribution >= 4 is 28.7 Å². The lowest BCUT2D eigenvalue weighted by Crippen LogP contribution is -2.65. The molecule has 1 N–H and O–H groups in total. The molecule has 1 aliphatic heterocycles. The monoisotopic (exact) mass is 513 g/mol. The Hall–Kier alpha value is -1.68. The number of aliphatic hydroxyl groups is 1. The van der Waals surface area contributed by atoms with Gasteiger partial charge in [0.25, 0.3) is 0 Å². The minimum atomic E-state index is -4.58. The highest BCUT2D eigenvalue weighted by Gasteiger charge is 2.69. The summed E-state index contributed by atoms with van der Waals surface area (Å²) in [5, 5.41) is 13.9. The van der Waals surface area contributed by atoms with Gasteiger partial charge in [0.1, 0.15) is 5.75 Å². The van der Waals surface area contributed by atoms with E-state index in [1.165, 1.54) is 11.3 Å². The third kappa shape index (κ3) is 3.85. The van der Waals surface area contributed by atoms with E-state index in [4.69, 9.17) is 21.3 Å². The summed E-state index contributed by atoms with van der Waals surface area (Å²) in [6, 6.07) is 5.04. The van der Waals surface area contributed by atoms with Gasteiger partial charge in [0, 0.05) is 40.1 Å².